The molecule has 8 bridgehead atoms. The van der Waals surface area contributed by atoms with E-state index >= 15 is 0 Å². The van der Waals surface area contributed by atoms with E-state index in [-0.39, 0.29) is 0 Å². The summed E-state index contributed by atoms with van der Waals surface area (Å²) in [7, 11) is -1.23. The number of hydrogen-bond acceptors (Lipinski definition) is 0. The van der Waals surface area contributed by atoms with Gasteiger partial charge in [-0.3, -0.25) is 0 Å². The summed E-state index contributed by atoms with van der Waals surface area (Å²) in [6, 6.07) is 0. The summed E-state index contributed by atoms with van der Waals surface area (Å²) < 4.78 is 0. The summed E-state index contributed by atoms with van der Waals surface area (Å²) in [6.07, 6.45) is 21.6. The Morgan fingerprint density at radius 2 is 0.833 bits per heavy atom. The summed E-state index contributed by atoms with van der Waals surface area (Å²) in [5, 5.41) is 1.78. The molecular formula is C23H39P. The predicted octanol–water partition coefficient (Wildman–Crippen LogP) is 6.32. The first-order valence-corrected chi connectivity index (χ1v) is 14.2. The first-order valence-electron chi connectivity index (χ1n) is 11.5. The Balaban J connectivity index is 1.43. The molecule has 1 heteroatoms. The topological polar surface area (TPSA) is 0 Å². The second-order valence-corrected chi connectivity index (χ2v) is 17.6. The van der Waals surface area contributed by atoms with Crippen LogP contribution in [0.5, 0.6) is 0 Å². The van der Waals surface area contributed by atoms with Crippen LogP contribution in [-0.2, 0) is 0 Å². The molecule has 8 rings (SSSR count). The van der Waals surface area contributed by atoms with Gasteiger partial charge in [0.2, 0.25) is 0 Å². The molecule has 0 nitrogen and oxygen atoms in total. The molecule has 136 valence electrons. The van der Waals surface area contributed by atoms with E-state index in [4.69, 9.17) is 0 Å². The molecule has 0 atom stereocenters. The van der Waals surface area contributed by atoms with Crippen LogP contribution in [0.2, 0.25) is 0 Å². The summed E-state index contributed by atoms with van der Waals surface area (Å²) in [5.74, 6) is 6.94. The van der Waals surface area contributed by atoms with Crippen LogP contribution in [0.1, 0.15) is 84.0 Å². The molecule has 0 N–H and O–H groups in total. The first kappa shape index (κ1) is 15.5. The normalized spacial score (nSPS) is 58.4. The van der Waals surface area contributed by atoms with Crippen molar-refractivity contribution in [3.63, 3.8) is 0 Å². The molecule has 0 unspecified atom stereocenters. The van der Waals surface area contributed by atoms with Gasteiger partial charge in [0, 0.05) is 0 Å². The van der Waals surface area contributed by atoms with Crippen molar-refractivity contribution in [1.82, 2.24) is 0 Å². The zero-order chi connectivity index (χ0) is 16.2. The van der Waals surface area contributed by atoms with Crippen LogP contribution in [-0.4, -0.2) is 23.1 Å². The van der Waals surface area contributed by atoms with Gasteiger partial charge in [-0.1, -0.05) is 0 Å². The second kappa shape index (κ2) is 4.82. The van der Waals surface area contributed by atoms with Gasteiger partial charge >= 0.3 is 150 Å². The summed E-state index contributed by atoms with van der Waals surface area (Å²) in [5.41, 5.74) is 0. The molecule has 0 spiro atoms. The van der Waals surface area contributed by atoms with Crippen molar-refractivity contribution in [3.8, 4) is 0 Å². The Morgan fingerprint density at radius 3 is 1.04 bits per heavy atom. The standard InChI is InChI=1S/C23H39P/c1-3-24(2,22-10-16-4-17(11-22)6-18(5-16)12-22)23-13-19-7-20(14-23)9-21(8-19)15-23/h16-21,24H,3-15H2,1-2H3. The van der Waals surface area contributed by atoms with Crippen LogP contribution in [0.25, 0.3) is 0 Å². The molecule has 0 aromatic carbocycles. The Hall–Kier alpha value is 0.430. The van der Waals surface area contributed by atoms with Crippen LogP contribution in [0.3, 0.4) is 0 Å². The molecule has 0 aliphatic heterocycles. The Bertz CT molecular complexity index is 432. The fourth-order valence-electron chi connectivity index (χ4n) is 10.9. The Morgan fingerprint density at radius 1 is 0.583 bits per heavy atom. The predicted molar refractivity (Wildman–Crippen MR) is 107 cm³/mol. The van der Waals surface area contributed by atoms with E-state index in [0.717, 1.165) is 45.8 Å². The summed E-state index contributed by atoms with van der Waals surface area (Å²) in [6.45, 7) is 5.64. The quantitative estimate of drug-likeness (QED) is 0.524. The van der Waals surface area contributed by atoms with Gasteiger partial charge in [-0.15, -0.1) is 0 Å². The molecule has 0 aromatic rings. The monoisotopic (exact) mass is 346 g/mol. The zero-order valence-electron chi connectivity index (χ0n) is 16.2. The first-order chi connectivity index (χ1) is 11.5. The molecule has 8 aliphatic rings. The van der Waals surface area contributed by atoms with E-state index < -0.39 is 7.26 Å². The third-order valence-electron chi connectivity index (χ3n) is 11.1. The van der Waals surface area contributed by atoms with Gasteiger partial charge in [0.25, 0.3) is 0 Å². The molecular weight excluding hydrogens is 307 g/mol. The summed E-state index contributed by atoms with van der Waals surface area (Å²) in [4.78, 5) is 0. The van der Waals surface area contributed by atoms with Crippen LogP contribution < -0.4 is 0 Å². The van der Waals surface area contributed by atoms with Crippen molar-refractivity contribution >= 4 is 7.26 Å². The van der Waals surface area contributed by atoms with Crippen LogP contribution in [0.15, 0.2) is 0 Å². The molecule has 0 radical (unpaired) electrons. The minimum atomic E-state index is -1.23. The van der Waals surface area contributed by atoms with Gasteiger partial charge in [-0.25, -0.2) is 0 Å². The van der Waals surface area contributed by atoms with Crippen molar-refractivity contribution in [1.29, 1.82) is 0 Å². The average molecular weight is 347 g/mol. The van der Waals surface area contributed by atoms with Crippen LogP contribution in [0.4, 0.5) is 0 Å². The zero-order valence-corrected chi connectivity index (χ0v) is 17.2. The number of rotatable bonds is 3. The van der Waals surface area contributed by atoms with Gasteiger partial charge in [-0.2, -0.15) is 0 Å². The average Bonchev–Trinajstić information content (AvgIpc) is 2.51. The third-order valence-corrected chi connectivity index (χ3v) is 18.4. The molecule has 0 heterocycles. The van der Waals surface area contributed by atoms with Gasteiger partial charge in [0.05, 0.1) is 0 Å². The molecule has 8 saturated carbocycles. The van der Waals surface area contributed by atoms with E-state index in [1.165, 1.54) is 0 Å². The van der Waals surface area contributed by atoms with E-state index in [1.54, 1.807) is 83.2 Å². The van der Waals surface area contributed by atoms with Crippen molar-refractivity contribution in [2.45, 2.75) is 94.3 Å². The number of hydrogen-bond donors (Lipinski definition) is 0. The van der Waals surface area contributed by atoms with E-state index in [2.05, 4.69) is 13.6 Å². The van der Waals surface area contributed by atoms with Crippen LogP contribution >= 0.6 is 7.26 Å². The second-order valence-electron chi connectivity index (χ2n) is 12.1. The summed E-state index contributed by atoms with van der Waals surface area (Å²) >= 11 is 0. The Kier molecular flexibility index (Phi) is 3.11. The molecule has 0 saturated heterocycles. The SMILES string of the molecule is CC[PH](C)(C12CC3CC(CC(C3)C1)C2)C12CC3CC(CC(C3)C1)C2. The third kappa shape index (κ3) is 1.81. The van der Waals surface area contributed by atoms with Gasteiger partial charge < -0.3 is 0 Å². The van der Waals surface area contributed by atoms with Crippen molar-refractivity contribution in [3.05, 3.63) is 0 Å². The van der Waals surface area contributed by atoms with Crippen LogP contribution in [0, 0.1) is 35.5 Å². The maximum atomic E-state index is 2.98. The van der Waals surface area contributed by atoms with Gasteiger partial charge in [-0.05, 0) is 0 Å². The molecule has 8 aliphatic carbocycles. The maximum absolute atomic E-state index is 2.98. The van der Waals surface area contributed by atoms with Gasteiger partial charge in [0.1, 0.15) is 0 Å². The van der Waals surface area contributed by atoms with Crippen molar-refractivity contribution in [2.24, 2.45) is 35.5 Å². The Labute approximate surface area is 150 Å². The van der Waals surface area contributed by atoms with Crippen molar-refractivity contribution < 1.29 is 0 Å². The van der Waals surface area contributed by atoms with E-state index in [0.29, 0.717) is 0 Å². The van der Waals surface area contributed by atoms with Crippen molar-refractivity contribution in [2.75, 3.05) is 12.8 Å². The molecule has 24 heavy (non-hydrogen) atoms. The fourth-order valence-corrected chi connectivity index (χ4v) is 17.9. The molecule has 0 amide bonds. The van der Waals surface area contributed by atoms with E-state index in [9.17, 15) is 0 Å². The molecule has 8 fully saturated rings. The fraction of sp³-hybridized carbons (Fsp3) is 1.00. The van der Waals surface area contributed by atoms with Gasteiger partial charge in [0.15, 0.2) is 0 Å². The minimum absolute atomic E-state index is 0.891. The van der Waals surface area contributed by atoms with E-state index in [1.807, 2.05) is 0 Å². The molecule has 0 aromatic heterocycles.